The van der Waals surface area contributed by atoms with Gasteiger partial charge in [-0.3, -0.25) is 9.97 Å². The van der Waals surface area contributed by atoms with Gasteiger partial charge in [-0.25, -0.2) is 9.18 Å². The van der Waals surface area contributed by atoms with Gasteiger partial charge in [0.2, 0.25) is 0 Å². The summed E-state index contributed by atoms with van der Waals surface area (Å²) < 4.78 is 13.0. The molecule has 0 aliphatic heterocycles. The van der Waals surface area contributed by atoms with Crippen LogP contribution >= 0.6 is 0 Å². The zero-order valence-corrected chi connectivity index (χ0v) is 14.2. The van der Waals surface area contributed by atoms with Crippen molar-refractivity contribution >= 4 is 6.03 Å². The predicted molar refractivity (Wildman–Crippen MR) is 90.8 cm³/mol. The van der Waals surface area contributed by atoms with Crippen molar-refractivity contribution in [3.8, 4) is 0 Å². The van der Waals surface area contributed by atoms with Gasteiger partial charge < -0.3 is 10.2 Å². The number of benzene rings is 1. The van der Waals surface area contributed by atoms with Gasteiger partial charge in [0.05, 0.1) is 18.4 Å². The maximum atomic E-state index is 13.0. The molecule has 0 aliphatic carbocycles. The number of aromatic nitrogens is 2. The topological polar surface area (TPSA) is 58.1 Å². The minimum Gasteiger partial charge on any atom is -0.335 e. The van der Waals surface area contributed by atoms with Gasteiger partial charge in [-0.15, -0.1) is 0 Å². The second-order valence-electron chi connectivity index (χ2n) is 6.18. The second-order valence-corrected chi connectivity index (χ2v) is 6.18. The van der Waals surface area contributed by atoms with Crippen molar-refractivity contribution in [2.24, 2.45) is 5.92 Å². The van der Waals surface area contributed by atoms with Crippen LogP contribution in [0, 0.1) is 11.7 Å². The molecule has 0 saturated carbocycles. The van der Waals surface area contributed by atoms with Gasteiger partial charge in [0.1, 0.15) is 5.82 Å². The van der Waals surface area contributed by atoms with E-state index in [1.165, 1.54) is 12.1 Å². The minimum absolute atomic E-state index is 0.0349. The summed E-state index contributed by atoms with van der Waals surface area (Å²) in [6.45, 7) is 4.50. The van der Waals surface area contributed by atoms with Crippen molar-refractivity contribution < 1.29 is 9.18 Å². The molecule has 128 valence electrons. The van der Waals surface area contributed by atoms with Crippen LogP contribution in [0.2, 0.25) is 0 Å². The number of hydrogen-bond acceptors (Lipinski definition) is 3. The normalized spacial score (nSPS) is 12.0. The molecule has 1 atom stereocenters. The highest BCUT2D eigenvalue weighted by atomic mass is 19.1. The number of rotatable bonds is 6. The van der Waals surface area contributed by atoms with Crippen LogP contribution in [-0.4, -0.2) is 34.0 Å². The van der Waals surface area contributed by atoms with Crippen LogP contribution < -0.4 is 5.32 Å². The van der Waals surface area contributed by atoms with E-state index in [0.717, 1.165) is 11.3 Å². The lowest BCUT2D eigenvalue weighted by Crippen LogP contribution is -2.46. The number of urea groups is 1. The standard InChI is InChI=1S/C18H23FN4O/c1-13(2)17(10-14-4-6-15(19)7-5-14)22-18(24)23(3)12-16-11-20-8-9-21-16/h4-9,11,13,17H,10,12H2,1-3H3,(H,22,24). The SMILES string of the molecule is CC(C)C(Cc1ccc(F)cc1)NC(=O)N(C)Cc1cnccn1. The molecule has 0 saturated heterocycles. The molecule has 0 spiro atoms. The summed E-state index contributed by atoms with van der Waals surface area (Å²) in [6, 6.07) is 6.18. The Morgan fingerprint density at radius 1 is 1.25 bits per heavy atom. The molecule has 0 aliphatic rings. The molecule has 1 aromatic heterocycles. The molecule has 1 heterocycles. The van der Waals surface area contributed by atoms with Gasteiger partial charge in [0, 0.05) is 25.5 Å². The summed E-state index contributed by atoms with van der Waals surface area (Å²) in [4.78, 5) is 22.2. The largest absolute Gasteiger partial charge is 0.335 e. The van der Waals surface area contributed by atoms with Crippen molar-refractivity contribution in [3.63, 3.8) is 0 Å². The summed E-state index contributed by atoms with van der Waals surface area (Å²) in [7, 11) is 1.72. The van der Waals surface area contributed by atoms with Crippen molar-refractivity contribution in [2.45, 2.75) is 32.9 Å². The number of amides is 2. The van der Waals surface area contributed by atoms with E-state index in [1.54, 1.807) is 42.7 Å². The van der Waals surface area contributed by atoms with Crippen molar-refractivity contribution in [1.82, 2.24) is 20.2 Å². The highest BCUT2D eigenvalue weighted by molar-refractivity contribution is 5.74. The highest BCUT2D eigenvalue weighted by Crippen LogP contribution is 2.12. The average Bonchev–Trinajstić information content (AvgIpc) is 2.56. The fourth-order valence-electron chi connectivity index (χ4n) is 2.32. The zero-order chi connectivity index (χ0) is 17.5. The Morgan fingerprint density at radius 3 is 2.54 bits per heavy atom. The second kappa shape index (κ2) is 8.38. The van der Waals surface area contributed by atoms with Gasteiger partial charge in [0.25, 0.3) is 0 Å². The first-order valence-electron chi connectivity index (χ1n) is 7.96. The smallest absolute Gasteiger partial charge is 0.317 e. The van der Waals surface area contributed by atoms with Crippen molar-refractivity contribution in [1.29, 1.82) is 0 Å². The lowest BCUT2D eigenvalue weighted by atomic mass is 9.96. The fourth-order valence-corrected chi connectivity index (χ4v) is 2.32. The Balaban J connectivity index is 1.96. The summed E-state index contributed by atoms with van der Waals surface area (Å²) in [6.07, 6.45) is 5.50. The van der Waals surface area contributed by atoms with Gasteiger partial charge >= 0.3 is 6.03 Å². The van der Waals surface area contributed by atoms with Crippen LogP contribution in [0.25, 0.3) is 0 Å². The van der Waals surface area contributed by atoms with Crippen LogP contribution in [0.15, 0.2) is 42.9 Å². The monoisotopic (exact) mass is 330 g/mol. The van der Waals surface area contributed by atoms with E-state index in [1.807, 2.05) is 0 Å². The Labute approximate surface area is 141 Å². The van der Waals surface area contributed by atoms with Gasteiger partial charge in [0.15, 0.2) is 0 Å². The van der Waals surface area contributed by atoms with Gasteiger partial charge in [-0.1, -0.05) is 26.0 Å². The third-order valence-corrected chi connectivity index (χ3v) is 3.84. The van der Waals surface area contributed by atoms with E-state index in [0.29, 0.717) is 13.0 Å². The maximum Gasteiger partial charge on any atom is 0.317 e. The molecule has 24 heavy (non-hydrogen) atoms. The van der Waals surface area contributed by atoms with Crippen LogP contribution in [-0.2, 0) is 13.0 Å². The molecule has 5 nitrogen and oxygen atoms in total. The van der Waals surface area contributed by atoms with E-state index in [9.17, 15) is 9.18 Å². The fraction of sp³-hybridized carbons (Fsp3) is 0.389. The molecular formula is C18H23FN4O. The van der Waals surface area contributed by atoms with Gasteiger partial charge in [-0.05, 0) is 30.0 Å². The predicted octanol–water partition coefficient (Wildman–Crippen LogP) is 3.02. The molecule has 2 aromatic rings. The number of halogens is 1. The highest BCUT2D eigenvalue weighted by Gasteiger charge is 2.19. The number of nitrogens with zero attached hydrogens (tertiary/aromatic N) is 3. The summed E-state index contributed by atoms with van der Waals surface area (Å²) >= 11 is 0. The van der Waals surface area contributed by atoms with Crippen LogP contribution in [0.1, 0.15) is 25.1 Å². The van der Waals surface area contributed by atoms with Gasteiger partial charge in [-0.2, -0.15) is 0 Å². The Morgan fingerprint density at radius 2 is 1.96 bits per heavy atom. The first-order valence-corrected chi connectivity index (χ1v) is 7.96. The minimum atomic E-state index is -0.257. The van der Waals surface area contributed by atoms with E-state index >= 15 is 0 Å². The van der Waals surface area contributed by atoms with E-state index < -0.39 is 0 Å². The number of nitrogens with one attached hydrogen (secondary N) is 1. The Bertz CT molecular complexity index is 646. The zero-order valence-electron chi connectivity index (χ0n) is 14.2. The molecule has 0 radical (unpaired) electrons. The molecule has 2 rings (SSSR count). The summed E-state index contributed by atoms with van der Waals surface area (Å²) in [5.41, 5.74) is 1.72. The van der Waals surface area contributed by atoms with Crippen molar-refractivity contribution in [3.05, 3.63) is 59.9 Å². The number of hydrogen-bond donors (Lipinski definition) is 1. The Kier molecular flexibility index (Phi) is 6.23. The Hall–Kier alpha value is -2.50. The molecule has 0 fully saturated rings. The third kappa shape index (κ3) is 5.30. The molecule has 6 heteroatoms. The third-order valence-electron chi connectivity index (χ3n) is 3.84. The van der Waals surface area contributed by atoms with Crippen LogP contribution in [0.3, 0.4) is 0 Å². The maximum absolute atomic E-state index is 13.0. The first kappa shape index (κ1) is 17.8. The van der Waals surface area contributed by atoms with E-state index in [2.05, 4.69) is 29.1 Å². The molecular weight excluding hydrogens is 307 g/mol. The van der Waals surface area contributed by atoms with E-state index in [4.69, 9.17) is 0 Å². The number of carbonyl (C=O) groups excluding carboxylic acids is 1. The number of carbonyl (C=O) groups is 1. The van der Waals surface area contributed by atoms with Crippen LogP contribution in [0.4, 0.5) is 9.18 Å². The molecule has 0 bridgehead atoms. The first-order chi connectivity index (χ1) is 11.5. The summed E-state index contributed by atoms with van der Waals surface area (Å²) in [5, 5.41) is 3.04. The molecule has 2 amide bonds. The van der Waals surface area contributed by atoms with E-state index in [-0.39, 0.29) is 23.8 Å². The average molecular weight is 330 g/mol. The van der Waals surface area contributed by atoms with Crippen molar-refractivity contribution in [2.75, 3.05) is 7.05 Å². The molecule has 1 N–H and O–H groups in total. The summed E-state index contributed by atoms with van der Waals surface area (Å²) in [5.74, 6) is -0.00323. The lowest BCUT2D eigenvalue weighted by Gasteiger charge is -2.26. The molecule has 1 aromatic carbocycles. The quantitative estimate of drug-likeness (QED) is 0.886. The lowest BCUT2D eigenvalue weighted by molar-refractivity contribution is 0.198. The molecule has 1 unspecified atom stereocenters. The van der Waals surface area contributed by atoms with Crippen LogP contribution in [0.5, 0.6) is 0 Å².